The molecule has 3 nitrogen and oxygen atoms in total. The van der Waals surface area contributed by atoms with E-state index in [-0.39, 0.29) is 5.84 Å². The fourth-order valence-electron chi connectivity index (χ4n) is 2.37. The lowest BCUT2D eigenvalue weighted by molar-refractivity contribution is 0.606. The fraction of sp³-hybridized carbons (Fsp3) is 0.533. The molecule has 1 aliphatic rings. The highest BCUT2D eigenvalue weighted by atomic mass is 15.2. The number of hydrogen-bond acceptors (Lipinski definition) is 2. The first-order valence-corrected chi connectivity index (χ1v) is 6.70. The molecule has 18 heavy (non-hydrogen) atoms. The molecule has 0 atom stereocenters. The average Bonchev–Trinajstić information content (AvgIpc) is 3.09. The number of nitrogens with one attached hydrogen (secondary N) is 1. The van der Waals surface area contributed by atoms with Crippen LogP contribution in [0, 0.1) is 18.3 Å². The third-order valence-electron chi connectivity index (χ3n) is 3.37. The van der Waals surface area contributed by atoms with Crippen molar-refractivity contribution < 1.29 is 0 Å². The smallest absolute Gasteiger partial charge is 0.122 e. The van der Waals surface area contributed by atoms with Crippen LogP contribution in [-0.4, -0.2) is 18.4 Å². The van der Waals surface area contributed by atoms with Crippen LogP contribution >= 0.6 is 0 Å². The molecule has 0 spiro atoms. The largest absolute Gasteiger partial charge is 0.384 e. The first kappa shape index (κ1) is 12.9. The minimum absolute atomic E-state index is 0.145. The maximum Gasteiger partial charge on any atom is 0.122 e. The highest BCUT2D eigenvalue weighted by Gasteiger charge is 2.30. The van der Waals surface area contributed by atoms with Crippen LogP contribution in [0.3, 0.4) is 0 Å². The number of amidine groups is 1. The Balaban J connectivity index is 2.27. The van der Waals surface area contributed by atoms with E-state index in [1.165, 1.54) is 24.1 Å². The van der Waals surface area contributed by atoms with E-state index in [1.807, 2.05) is 12.1 Å². The van der Waals surface area contributed by atoms with Gasteiger partial charge in [0, 0.05) is 23.8 Å². The van der Waals surface area contributed by atoms with Crippen molar-refractivity contribution in [3.05, 3.63) is 29.3 Å². The first-order chi connectivity index (χ1) is 8.49. The molecule has 0 aliphatic heterocycles. The van der Waals surface area contributed by atoms with Crippen LogP contribution in [0.2, 0.25) is 0 Å². The molecule has 0 amide bonds. The van der Waals surface area contributed by atoms with Gasteiger partial charge in [-0.15, -0.1) is 0 Å². The van der Waals surface area contributed by atoms with Crippen molar-refractivity contribution in [2.24, 2.45) is 11.7 Å². The second-order valence-electron chi connectivity index (χ2n) is 5.69. The summed E-state index contributed by atoms with van der Waals surface area (Å²) in [6, 6.07) is 6.81. The second-order valence-corrected chi connectivity index (χ2v) is 5.69. The first-order valence-electron chi connectivity index (χ1n) is 6.70. The number of benzene rings is 1. The quantitative estimate of drug-likeness (QED) is 0.619. The zero-order chi connectivity index (χ0) is 13.3. The molecular weight excluding hydrogens is 222 g/mol. The molecule has 98 valence electrons. The zero-order valence-corrected chi connectivity index (χ0v) is 11.5. The van der Waals surface area contributed by atoms with Gasteiger partial charge in [-0.05, 0) is 49.4 Å². The summed E-state index contributed by atoms with van der Waals surface area (Å²) < 4.78 is 0. The van der Waals surface area contributed by atoms with Crippen LogP contribution < -0.4 is 10.6 Å². The lowest BCUT2D eigenvalue weighted by Crippen LogP contribution is -2.30. The van der Waals surface area contributed by atoms with Gasteiger partial charge in [0.25, 0.3) is 0 Å². The van der Waals surface area contributed by atoms with Crippen LogP contribution in [0.5, 0.6) is 0 Å². The van der Waals surface area contributed by atoms with E-state index in [9.17, 15) is 0 Å². The lowest BCUT2D eigenvalue weighted by atomic mass is 10.1. The summed E-state index contributed by atoms with van der Waals surface area (Å²) >= 11 is 0. The van der Waals surface area contributed by atoms with Crippen LogP contribution in [-0.2, 0) is 0 Å². The Kier molecular flexibility index (Phi) is 3.60. The van der Waals surface area contributed by atoms with E-state index in [0.29, 0.717) is 12.0 Å². The van der Waals surface area contributed by atoms with Crippen LogP contribution in [0.15, 0.2) is 18.2 Å². The van der Waals surface area contributed by atoms with Crippen molar-refractivity contribution in [1.29, 1.82) is 5.41 Å². The number of nitrogens with zero attached hydrogens (tertiary/aromatic N) is 1. The summed E-state index contributed by atoms with van der Waals surface area (Å²) in [6.07, 6.45) is 2.61. The molecule has 0 saturated heterocycles. The molecule has 1 aromatic rings. The van der Waals surface area contributed by atoms with E-state index in [1.54, 1.807) is 0 Å². The summed E-state index contributed by atoms with van der Waals surface area (Å²) in [5.41, 5.74) is 8.87. The number of rotatable bonds is 5. The van der Waals surface area contributed by atoms with E-state index in [0.717, 1.165) is 12.1 Å². The standard InChI is InChI=1S/C15H23N3/c1-10(2)9-18(13-5-6-13)14-7-4-12(15(16)17)8-11(14)3/h4,7-8,10,13H,5-6,9H2,1-3H3,(H3,16,17). The van der Waals surface area contributed by atoms with Crippen LogP contribution in [0.4, 0.5) is 5.69 Å². The van der Waals surface area contributed by atoms with E-state index in [2.05, 4.69) is 31.7 Å². The van der Waals surface area contributed by atoms with Crippen molar-refractivity contribution in [2.45, 2.75) is 39.7 Å². The normalized spacial score (nSPS) is 14.9. The Labute approximate surface area is 109 Å². The van der Waals surface area contributed by atoms with Crippen molar-refractivity contribution in [2.75, 3.05) is 11.4 Å². The SMILES string of the molecule is Cc1cc(C(=N)N)ccc1N(CC(C)C)C1CC1. The number of nitrogen functional groups attached to an aromatic ring is 1. The Morgan fingerprint density at radius 2 is 2.11 bits per heavy atom. The molecule has 0 aromatic heterocycles. The van der Waals surface area contributed by atoms with Crippen molar-refractivity contribution in [1.82, 2.24) is 0 Å². The summed E-state index contributed by atoms with van der Waals surface area (Å²) in [5.74, 6) is 0.809. The maximum atomic E-state index is 7.48. The zero-order valence-electron chi connectivity index (χ0n) is 11.5. The van der Waals surface area contributed by atoms with Crippen molar-refractivity contribution in [3.63, 3.8) is 0 Å². The van der Waals surface area contributed by atoms with Gasteiger partial charge in [-0.1, -0.05) is 13.8 Å². The monoisotopic (exact) mass is 245 g/mol. The van der Waals surface area contributed by atoms with Crippen LogP contribution in [0.25, 0.3) is 0 Å². The third-order valence-corrected chi connectivity index (χ3v) is 3.37. The molecular formula is C15H23N3. The molecule has 0 bridgehead atoms. The maximum absolute atomic E-state index is 7.48. The van der Waals surface area contributed by atoms with Gasteiger partial charge in [0.15, 0.2) is 0 Å². The molecule has 0 unspecified atom stereocenters. The van der Waals surface area contributed by atoms with Gasteiger partial charge < -0.3 is 10.6 Å². The van der Waals surface area contributed by atoms with Gasteiger partial charge in [0.2, 0.25) is 0 Å². The minimum Gasteiger partial charge on any atom is -0.384 e. The molecule has 1 aromatic carbocycles. The second kappa shape index (κ2) is 5.01. The predicted molar refractivity (Wildman–Crippen MR) is 77.4 cm³/mol. The molecule has 2 rings (SSSR count). The lowest BCUT2D eigenvalue weighted by Gasteiger charge is -2.28. The number of anilines is 1. The fourth-order valence-corrected chi connectivity index (χ4v) is 2.37. The summed E-state index contributed by atoms with van der Waals surface area (Å²) in [6.45, 7) is 7.73. The van der Waals surface area contributed by atoms with Gasteiger partial charge in [0.05, 0.1) is 0 Å². The summed E-state index contributed by atoms with van der Waals surface area (Å²) in [5, 5.41) is 7.48. The van der Waals surface area contributed by atoms with E-state index >= 15 is 0 Å². The van der Waals surface area contributed by atoms with Crippen molar-refractivity contribution in [3.8, 4) is 0 Å². The number of hydrogen-bond donors (Lipinski definition) is 2. The van der Waals surface area contributed by atoms with Gasteiger partial charge in [-0.25, -0.2) is 0 Å². The third kappa shape index (κ3) is 2.84. The van der Waals surface area contributed by atoms with Crippen molar-refractivity contribution >= 4 is 11.5 Å². The molecule has 3 heteroatoms. The van der Waals surface area contributed by atoms with E-state index < -0.39 is 0 Å². The minimum atomic E-state index is 0.145. The Hall–Kier alpha value is -1.51. The average molecular weight is 245 g/mol. The molecule has 1 aliphatic carbocycles. The summed E-state index contributed by atoms with van der Waals surface area (Å²) in [7, 11) is 0. The number of nitrogens with two attached hydrogens (primary N) is 1. The van der Waals surface area contributed by atoms with Crippen LogP contribution in [0.1, 0.15) is 37.8 Å². The van der Waals surface area contributed by atoms with Gasteiger partial charge in [-0.2, -0.15) is 0 Å². The Bertz CT molecular complexity index is 447. The van der Waals surface area contributed by atoms with Gasteiger partial charge in [0.1, 0.15) is 5.84 Å². The number of aryl methyl sites for hydroxylation is 1. The van der Waals surface area contributed by atoms with Gasteiger partial charge in [-0.3, -0.25) is 5.41 Å². The summed E-state index contributed by atoms with van der Waals surface area (Å²) in [4.78, 5) is 2.52. The molecule has 0 heterocycles. The highest BCUT2D eigenvalue weighted by Crippen LogP contribution is 2.34. The molecule has 1 fully saturated rings. The molecule has 3 N–H and O–H groups in total. The predicted octanol–water partition coefficient (Wildman–Crippen LogP) is 2.90. The van der Waals surface area contributed by atoms with E-state index in [4.69, 9.17) is 11.1 Å². The Morgan fingerprint density at radius 1 is 1.44 bits per heavy atom. The van der Waals surface area contributed by atoms with Gasteiger partial charge >= 0.3 is 0 Å². The topological polar surface area (TPSA) is 53.1 Å². The highest BCUT2D eigenvalue weighted by molar-refractivity contribution is 5.95. The molecule has 1 saturated carbocycles. The Morgan fingerprint density at radius 3 is 2.56 bits per heavy atom. The molecule has 0 radical (unpaired) electrons.